The van der Waals surface area contributed by atoms with Crippen molar-refractivity contribution in [2.24, 2.45) is 0 Å². The van der Waals surface area contributed by atoms with Crippen molar-refractivity contribution in [3.8, 4) is 0 Å². The molecule has 0 spiro atoms. The van der Waals surface area contributed by atoms with E-state index >= 15 is 0 Å². The summed E-state index contributed by atoms with van der Waals surface area (Å²) in [6, 6.07) is 1.79. The van der Waals surface area contributed by atoms with Crippen molar-refractivity contribution in [1.29, 1.82) is 0 Å². The van der Waals surface area contributed by atoms with E-state index in [2.05, 4.69) is 15.1 Å². The second kappa shape index (κ2) is 5.98. The Kier molecular flexibility index (Phi) is 4.02. The number of carbonyl (C=O) groups excluding carboxylic acids is 1. The standard InChI is InChI=1S/C16H21N5O2/c1-16(2,3)23-15(22)20-8-5-13-12(10-20)9-19-21(13)11-14-17-6-4-7-18-14/h4,6-7,9H,5,8,10-11H2,1-3H3. The van der Waals surface area contributed by atoms with Gasteiger partial charge in [0.2, 0.25) is 0 Å². The smallest absolute Gasteiger partial charge is 0.410 e. The van der Waals surface area contributed by atoms with Crippen LogP contribution in [0.25, 0.3) is 0 Å². The SMILES string of the molecule is CC(C)(C)OC(=O)N1CCc2c(cnn2Cc2ncccn2)C1. The van der Waals surface area contributed by atoms with Gasteiger partial charge in [0.05, 0.1) is 12.7 Å². The van der Waals surface area contributed by atoms with Gasteiger partial charge in [-0.15, -0.1) is 0 Å². The molecular weight excluding hydrogens is 294 g/mol. The third-order valence-corrected chi connectivity index (χ3v) is 3.58. The Morgan fingerprint density at radius 2 is 2.04 bits per heavy atom. The molecule has 0 aromatic carbocycles. The Hall–Kier alpha value is -2.44. The van der Waals surface area contributed by atoms with E-state index in [0.29, 0.717) is 19.6 Å². The lowest BCUT2D eigenvalue weighted by Gasteiger charge is -2.30. The first kappa shape index (κ1) is 15.5. The van der Waals surface area contributed by atoms with Gasteiger partial charge in [-0.1, -0.05) is 0 Å². The lowest BCUT2D eigenvalue weighted by Crippen LogP contribution is -2.40. The van der Waals surface area contributed by atoms with Crippen LogP contribution in [0.4, 0.5) is 4.79 Å². The van der Waals surface area contributed by atoms with Crippen LogP contribution in [0.5, 0.6) is 0 Å². The van der Waals surface area contributed by atoms with E-state index in [4.69, 9.17) is 4.74 Å². The Morgan fingerprint density at radius 1 is 1.30 bits per heavy atom. The molecule has 122 valence electrons. The summed E-state index contributed by atoms with van der Waals surface area (Å²) in [4.78, 5) is 22.4. The molecule has 2 aromatic rings. The van der Waals surface area contributed by atoms with E-state index in [-0.39, 0.29) is 6.09 Å². The number of rotatable bonds is 2. The first-order valence-electron chi connectivity index (χ1n) is 7.70. The molecule has 1 aliphatic heterocycles. The molecular formula is C16H21N5O2. The number of ether oxygens (including phenoxy) is 1. The molecule has 0 radical (unpaired) electrons. The number of hydrogen-bond acceptors (Lipinski definition) is 5. The number of hydrogen-bond donors (Lipinski definition) is 0. The van der Waals surface area contributed by atoms with Gasteiger partial charge < -0.3 is 9.64 Å². The highest BCUT2D eigenvalue weighted by atomic mass is 16.6. The molecule has 0 bridgehead atoms. The van der Waals surface area contributed by atoms with E-state index in [1.54, 1.807) is 23.4 Å². The average molecular weight is 315 g/mol. The highest BCUT2D eigenvalue weighted by Gasteiger charge is 2.27. The minimum atomic E-state index is -0.480. The molecule has 0 saturated heterocycles. The lowest BCUT2D eigenvalue weighted by molar-refractivity contribution is 0.0222. The molecule has 3 rings (SSSR count). The highest BCUT2D eigenvalue weighted by molar-refractivity contribution is 5.68. The number of carbonyl (C=O) groups is 1. The van der Waals surface area contributed by atoms with E-state index in [9.17, 15) is 4.79 Å². The molecule has 23 heavy (non-hydrogen) atoms. The van der Waals surface area contributed by atoms with Crippen LogP contribution < -0.4 is 0 Å². The Balaban J connectivity index is 1.70. The van der Waals surface area contributed by atoms with Crippen LogP contribution in [-0.4, -0.2) is 42.9 Å². The Labute approximate surface area is 135 Å². The summed E-state index contributed by atoms with van der Waals surface area (Å²) in [6.07, 6.45) is 5.74. The summed E-state index contributed by atoms with van der Waals surface area (Å²) >= 11 is 0. The third kappa shape index (κ3) is 3.67. The highest BCUT2D eigenvalue weighted by Crippen LogP contribution is 2.21. The monoisotopic (exact) mass is 315 g/mol. The van der Waals surface area contributed by atoms with Crippen LogP contribution in [0, 0.1) is 0 Å². The second-order valence-electron chi connectivity index (χ2n) is 6.59. The predicted molar refractivity (Wildman–Crippen MR) is 83.7 cm³/mol. The van der Waals surface area contributed by atoms with E-state index in [0.717, 1.165) is 23.5 Å². The van der Waals surface area contributed by atoms with Gasteiger partial charge in [-0.25, -0.2) is 14.8 Å². The van der Waals surface area contributed by atoms with Crippen LogP contribution in [0.2, 0.25) is 0 Å². The van der Waals surface area contributed by atoms with Crippen molar-refractivity contribution in [2.75, 3.05) is 6.54 Å². The quantitative estimate of drug-likeness (QED) is 0.847. The fraction of sp³-hybridized carbons (Fsp3) is 0.500. The molecule has 0 saturated carbocycles. The summed E-state index contributed by atoms with van der Waals surface area (Å²) in [5.41, 5.74) is 1.71. The molecule has 0 N–H and O–H groups in total. The largest absolute Gasteiger partial charge is 0.444 e. The number of fused-ring (bicyclic) bond motifs is 1. The number of aromatic nitrogens is 4. The van der Waals surface area contributed by atoms with Gasteiger partial charge in [-0.3, -0.25) is 4.68 Å². The number of amides is 1. The zero-order chi connectivity index (χ0) is 16.4. The number of nitrogens with zero attached hydrogens (tertiary/aromatic N) is 5. The van der Waals surface area contributed by atoms with Crippen molar-refractivity contribution in [2.45, 2.75) is 45.9 Å². The normalized spacial score (nSPS) is 14.5. The molecule has 3 heterocycles. The van der Waals surface area contributed by atoms with Crippen molar-refractivity contribution >= 4 is 6.09 Å². The minimum Gasteiger partial charge on any atom is -0.444 e. The molecule has 1 aliphatic rings. The van der Waals surface area contributed by atoms with Gasteiger partial charge in [-0.2, -0.15) is 5.10 Å². The van der Waals surface area contributed by atoms with Gasteiger partial charge in [0.25, 0.3) is 0 Å². The van der Waals surface area contributed by atoms with E-state index < -0.39 is 5.60 Å². The van der Waals surface area contributed by atoms with Crippen LogP contribution in [0.1, 0.15) is 37.9 Å². The van der Waals surface area contributed by atoms with Crippen LogP contribution in [0.3, 0.4) is 0 Å². The first-order chi connectivity index (χ1) is 10.9. The fourth-order valence-corrected chi connectivity index (χ4v) is 2.56. The molecule has 0 fully saturated rings. The summed E-state index contributed by atoms with van der Waals surface area (Å²) in [7, 11) is 0. The molecule has 0 unspecified atom stereocenters. The van der Waals surface area contributed by atoms with Crippen molar-refractivity contribution in [3.05, 3.63) is 41.7 Å². The van der Waals surface area contributed by atoms with E-state index in [1.165, 1.54) is 0 Å². The van der Waals surface area contributed by atoms with Gasteiger partial charge in [0, 0.05) is 36.6 Å². The van der Waals surface area contributed by atoms with Crippen molar-refractivity contribution in [1.82, 2.24) is 24.6 Å². The molecule has 7 nitrogen and oxygen atoms in total. The van der Waals surface area contributed by atoms with Gasteiger partial charge >= 0.3 is 6.09 Å². The maximum Gasteiger partial charge on any atom is 0.410 e. The zero-order valence-corrected chi connectivity index (χ0v) is 13.7. The molecule has 0 aliphatic carbocycles. The average Bonchev–Trinajstić information content (AvgIpc) is 2.89. The molecule has 1 amide bonds. The van der Waals surface area contributed by atoms with Gasteiger partial charge in [0.15, 0.2) is 0 Å². The molecule has 0 atom stereocenters. The zero-order valence-electron chi connectivity index (χ0n) is 13.7. The fourth-order valence-electron chi connectivity index (χ4n) is 2.56. The summed E-state index contributed by atoms with van der Waals surface area (Å²) in [5, 5.41) is 4.42. The van der Waals surface area contributed by atoms with Crippen LogP contribution in [-0.2, 0) is 24.2 Å². The molecule has 2 aromatic heterocycles. The van der Waals surface area contributed by atoms with Crippen LogP contribution in [0.15, 0.2) is 24.7 Å². The maximum absolute atomic E-state index is 12.2. The maximum atomic E-state index is 12.2. The van der Waals surface area contributed by atoms with E-state index in [1.807, 2.05) is 31.6 Å². The van der Waals surface area contributed by atoms with Crippen molar-refractivity contribution in [3.63, 3.8) is 0 Å². The van der Waals surface area contributed by atoms with Gasteiger partial charge in [-0.05, 0) is 26.8 Å². The first-order valence-corrected chi connectivity index (χ1v) is 7.70. The second-order valence-corrected chi connectivity index (χ2v) is 6.59. The van der Waals surface area contributed by atoms with Crippen molar-refractivity contribution < 1.29 is 9.53 Å². The topological polar surface area (TPSA) is 73.1 Å². The summed E-state index contributed by atoms with van der Waals surface area (Å²) < 4.78 is 7.35. The Morgan fingerprint density at radius 3 is 2.74 bits per heavy atom. The summed E-state index contributed by atoms with van der Waals surface area (Å²) in [6.45, 7) is 7.32. The summed E-state index contributed by atoms with van der Waals surface area (Å²) in [5.74, 6) is 0.730. The van der Waals surface area contributed by atoms with Crippen LogP contribution >= 0.6 is 0 Å². The lowest BCUT2D eigenvalue weighted by atomic mass is 10.1. The minimum absolute atomic E-state index is 0.276. The van der Waals surface area contributed by atoms with Gasteiger partial charge in [0.1, 0.15) is 18.0 Å². The molecule has 7 heteroatoms. The Bertz CT molecular complexity index is 690. The predicted octanol–water partition coefficient (Wildman–Crippen LogP) is 2.01. The third-order valence-electron chi connectivity index (χ3n) is 3.58.